The van der Waals surface area contributed by atoms with Gasteiger partial charge in [-0.3, -0.25) is 0 Å². The molecule has 0 radical (unpaired) electrons. The fourth-order valence-electron chi connectivity index (χ4n) is 1.23. The Bertz CT molecular complexity index is 431. The Kier molecular flexibility index (Phi) is 4.72. The molecular weight excluding hydrogens is 228 g/mol. The van der Waals surface area contributed by atoms with Crippen molar-refractivity contribution in [2.45, 2.75) is 11.8 Å². The van der Waals surface area contributed by atoms with Crippen molar-refractivity contribution in [1.82, 2.24) is 4.72 Å². The number of ether oxygens (including phenoxy) is 1. The molecule has 90 valence electrons. The summed E-state index contributed by atoms with van der Waals surface area (Å²) < 4.78 is 31.3. The van der Waals surface area contributed by atoms with Gasteiger partial charge in [-0.15, -0.1) is 0 Å². The van der Waals surface area contributed by atoms with Crippen molar-refractivity contribution in [1.29, 1.82) is 0 Å². The van der Waals surface area contributed by atoms with Crippen LogP contribution < -0.4 is 15.2 Å². The summed E-state index contributed by atoms with van der Waals surface area (Å²) in [7, 11) is -3.49. The summed E-state index contributed by atoms with van der Waals surface area (Å²) in [6.45, 7) is 2.70. The third kappa shape index (κ3) is 3.19. The van der Waals surface area contributed by atoms with Crippen LogP contribution in [0.5, 0.6) is 5.75 Å². The number of sulfonamides is 1. The molecule has 1 aromatic carbocycles. The van der Waals surface area contributed by atoms with Gasteiger partial charge in [-0.25, -0.2) is 13.1 Å². The van der Waals surface area contributed by atoms with Crippen LogP contribution in [0.3, 0.4) is 0 Å². The first-order valence-electron chi connectivity index (χ1n) is 5.03. The van der Waals surface area contributed by atoms with Crippen molar-refractivity contribution in [2.75, 3.05) is 19.7 Å². The van der Waals surface area contributed by atoms with Crippen LogP contribution in [0.2, 0.25) is 0 Å². The molecule has 0 bridgehead atoms. The molecule has 0 spiro atoms. The number of hydrogen-bond donors (Lipinski definition) is 2. The fraction of sp³-hybridized carbons (Fsp3) is 0.400. The number of rotatable bonds is 6. The maximum absolute atomic E-state index is 11.8. The largest absolute Gasteiger partial charge is 0.491 e. The van der Waals surface area contributed by atoms with Crippen molar-refractivity contribution in [3.8, 4) is 5.75 Å². The lowest BCUT2D eigenvalue weighted by Crippen LogP contribution is -2.24. The summed E-state index contributed by atoms with van der Waals surface area (Å²) >= 11 is 0. The van der Waals surface area contributed by atoms with E-state index < -0.39 is 10.0 Å². The normalized spacial score (nSPS) is 11.4. The Morgan fingerprint density at radius 3 is 2.69 bits per heavy atom. The number of nitrogens with two attached hydrogens (primary N) is 1. The van der Waals surface area contributed by atoms with Crippen LogP contribution in [-0.2, 0) is 10.0 Å². The van der Waals surface area contributed by atoms with E-state index in [1.165, 1.54) is 6.07 Å². The van der Waals surface area contributed by atoms with Crippen molar-refractivity contribution in [3.63, 3.8) is 0 Å². The van der Waals surface area contributed by atoms with Gasteiger partial charge in [0.25, 0.3) is 0 Å². The van der Waals surface area contributed by atoms with Crippen molar-refractivity contribution in [2.24, 2.45) is 5.73 Å². The minimum absolute atomic E-state index is 0.144. The Morgan fingerprint density at radius 1 is 1.38 bits per heavy atom. The molecule has 0 aliphatic rings. The van der Waals surface area contributed by atoms with E-state index in [-0.39, 0.29) is 4.90 Å². The lowest BCUT2D eigenvalue weighted by atomic mass is 10.3. The SMILES string of the molecule is CCNS(=O)(=O)c1ccccc1OCCN. The Hall–Kier alpha value is -1.11. The van der Waals surface area contributed by atoms with Gasteiger partial charge in [-0.2, -0.15) is 0 Å². The Balaban J connectivity index is 3.03. The molecule has 0 unspecified atom stereocenters. The first-order valence-corrected chi connectivity index (χ1v) is 6.51. The fourth-order valence-corrected chi connectivity index (χ4v) is 2.41. The zero-order chi connectivity index (χ0) is 12.0. The molecular formula is C10H16N2O3S. The van der Waals surface area contributed by atoms with E-state index in [4.69, 9.17) is 10.5 Å². The minimum Gasteiger partial charge on any atom is -0.491 e. The maximum Gasteiger partial charge on any atom is 0.244 e. The van der Waals surface area contributed by atoms with Crippen LogP contribution in [0, 0.1) is 0 Å². The van der Waals surface area contributed by atoms with Gasteiger partial charge in [0.1, 0.15) is 17.3 Å². The van der Waals surface area contributed by atoms with E-state index in [0.29, 0.717) is 25.4 Å². The number of nitrogens with one attached hydrogen (secondary N) is 1. The summed E-state index contributed by atoms with van der Waals surface area (Å²) in [5.41, 5.74) is 5.30. The van der Waals surface area contributed by atoms with Gasteiger partial charge < -0.3 is 10.5 Å². The topological polar surface area (TPSA) is 81.4 Å². The summed E-state index contributed by atoms with van der Waals surface area (Å²) in [4.78, 5) is 0.144. The van der Waals surface area contributed by atoms with E-state index in [1.54, 1.807) is 25.1 Å². The molecule has 0 heterocycles. The van der Waals surface area contributed by atoms with Crippen LogP contribution in [-0.4, -0.2) is 28.1 Å². The van der Waals surface area contributed by atoms with Crippen molar-refractivity contribution < 1.29 is 13.2 Å². The molecule has 1 aromatic rings. The average Bonchev–Trinajstić information content (AvgIpc) is 2.26. The number of para-hydroxylation sites is 1. The van der Waals surface area contributed by atoms with Gasteiger partial charge in [-0.1, -0.05) is 19.1 Å². The second-order valence-electron chi connectivity index (χ2n) is 3.09. The molecule has 16 heavy (non-hydrogen) atoms. The van der Waals surface area contributed by atoms with Crippen LogP contribution in [0.4, 0.5) is 0 Å². The standard InChI is InChI=1S/C10H16N2O3S/c1-2-12-16(13,14)10-6-4-3-5-9(10)15-8-7-11/h3-6,12H,2,7-8,11H2,1H3. The first kappa shape index (κ1) is 13.0. The molecule has 0 saturated carbocycles. The molecule has 0 atom stereocenters. The van der Waals surface area contributed by atoms with E-state index >= 15 is 0 Å². The van der Waals surface area contributed by atoms with E-state index in [0.717, 1.165) is 0 Å². The van der Waals surface area contributed by atoms with E-state index in [1.807, 2.05) is 0 Å². The van der Waals surface area contributed by atoms with Crippen LogP contribution in [0.15, 0.2) is 29.2 Å². The summed E-state index contributed by atoms with van der Waals surface area (Å²) in [6.07, 6.45) is 0. The van der Waals surface area contributed by atoms with Crippen molar-refractivity contribution >= 4 is 10.0 Å². The second-order valence-corrected chi connectivity index (χ2v) is 4.82. The lowest BCUT2D eigenvalue weighted by Gasteiger charge is -2.11. The van der Waals surface area contributed by atoms with Crippen LogP contribution in [0.25, 0.3) is 0 Å². The summed E-state index contributed by atoms with van der Waals surface area (Å²) in [5.74, 6) is 0.328. The zero-order valence-electron chi connectivity index (χ0n) is 9.14. The quantitative estimate of drug-likeness (QED) is 0.755. The molecule has 1 rings (SSSR count). The smallest absolute Gasteiger partial charge is 0.244 e. The van der Waals surface area contributed by atoms with E-state index in [2.05, 4.69) is 4.72 Å². The molecule has 3 N–H and O–H groups in total. The summed E-state index contributed by atoms with van der Waals surface area (Å²) in [6, 6.07) is 6.49. The Labute approximate surface area is 95.7 Å². The van der Waals surface area contributed by atoms with Gasteiger partial charge in [0, 0.05) is 13.1 Å². The average molecular weight is 244 g/mol. The van der Waals surface area contributed by atoms with Gasteiger partial charge >= 0.3 is 0 Å². The lowest BCUT2D eigenvalue weighted by molar-refractivity contribution is 0.319. The maximum atomic E-state index is 11.8. The highest BCUT2D eigenvalue weighted by molar-refractivity contribution is 7.89. The number of hydrogen-bond acceptors (Lipinski definition) is 4. The van der Waals surface area contributed by atoms with Crippen LogP contribution in [0.1, 0.15) is 6.92 Å². The monoisotopic (exact) mass is 244 g/mol. The molecule has 0 aliphatic heterocycles. The summed E-state index contributed by atoms with van der Waals surface area (Å²) in [5, 5.41) is 0. The number of benzene rings is 1. The predicted molar refractivity (Wildman–Crippen MR) is 61.9 cm³/mol. The highest BCUT2D eigenvalue weighted by Gasteiger charge is 2.17. The van der Waals surface area contributed by atoms with Crippen LogP contribution >= 0.6 is 0 Å². The molecule has 0 saturated heterocycles. The first-order chi connectivity index (χ1) is 7.61. The van der Waals surface area contributed by atoms with Gasteiger partial charge in [0.05, 0.1) is 0 Å². The predicted octanol–water partition coefficient (Wildman–Crippen LogP) is 0.322. The highest BCUT2D eigenvalue weighted by Crippen LogP contribution is 2.22. The van der Waals surface area contributed by atoms with Gasteiger partial charge in [0.15, 0.2) is 0 Å². The van der Waals surface area contributed by atoms with Gasteiger partial charge in [0.2, 0.25) is 10.0 Å². The van der Waals surface area contributed by atoms with Crippen molar-refractivity contribution in [3.05, 3.63) is 24.3 Å². The molecule has 5 nitrogen and oxygen atoms in total. The zero-order valence-corrected chi connectivity index (χ0v) is 9.96. The second kappa shape index (κ2) is 5.83. The molecule has 0 fully saturated rings. The third-order valence-corrected chi connectivity index (χ3v) is 3.43. The molecule has 0 amide bonds. The molecule has 6 heteroatoms. The Morgan fingerprint density at radius 2 is 2.06 bits per heavy atom. The minimum atomic E-state index is -3.49. The highest BCUT2D eigenvalue weighted by atomic mass is 32.2. The van der Waals surface area contributed by atoms with Gasteiger partial charge in [-0.05, 0) is 12.1 Å². The third-order valence-electron chi connectivity index (χ3n) is 1.85. The van der Waals surface area contributed by atoms with E-state index in [9.17, 15) is 8.42 Å². The molecule has 0 aliphatic carbocycles. The molecule has 0 aromatic heterocycles.